The van der Waals surface area contributed by atoms with Crippen LogP contribution in [0.4, 0.5) is 0 Å². The van der Waals surface area contributed by atoms with Crippen molar-refractivity contribution in [3.8, 4) is 0 Å². The fraction of sp³-hybridized carbons (Fsp3) is 0.600. The van der Waals surface area contributed by atoms with E-state index >= 15 is 0 Å². The smallest absolute Gasteiger partial charge is 0.286 e. The van der Waals surface area contributed by atoms with Crippen molar-refractivity contribution in [3.63, 3.8) is 0 Å². The van der Waals surface area contributed by atoms with Crippen LogP contribution >= 0.6 is 0 Å². The molecule has 0 amide bonds. The molecule has 0 unspecified atom stereocenters. The second kappa shape index (κ2) is 3.31. The number of ether oxygens (including phenoxy) is 2. The zero-order valence-electron chi connectivity index (χ0n) is 6.47. The average molecular weight is 160 g/mol. The van der Waals surface area contributed by atoms with Crippen LogP contribution in [0.15, 0.2) is 0 Å². The molecule has 0 aliphatic rings. The first-order chi connectivity index (χ1) is 5.01. The lowest BCUT2D eigenvalue weighted by atomic mass is 10.2. The van der Waals surface area contributed by atoms with Crippen molar-refractivity contribution in [2.45, 2.75) is 5.79 Å². The predicted octanol–water partition coefficient (Wildman–Crippen LogP) is -1.15. The summed E-state index contributed by atoms with van der Waals surface area (Å²) in [4.78, 5) is 0. The third kappa shape index (κ3) is 1.47. The quantitative estimate of drug-likeness (QED) is 0.236. The van der Waals surface area contributed by atoms with Gasteiger partial charge in [0.1, 0.15) is 0 Å². The molecule has 0 rings (SSSR count). The standard InChI is InChI=1S/C5H12N4O2/c1-10-5(11-2,3(6)7)4(8)9/h1-2H3,(H3,6,7)(H3,8,9). The van der Waals surface area contributed by atoms with Gasteiger partial charge < -0.3 is 20.9 Å². The van der Waals surface area contributed by atoms with Crippen LogP contribution in [0.5, 0.6) is 0 Å². The van der Waals surface area contributed by atoms with Gasteiger partial charge in [0.05, 0.1) is 0 Å². The summed E-state index contributed by atoms with van der Waals surface area (Å²) >= 11 is 0. The molecule has 0 saturated carbocycles. The summed E-state index contributed by atoms with van der Waals surface area (Å²) in [7, 11) is 2.51. The molecule has 0 heterocycles. The summed E-state index contributed by atoms with van der Waals surface area (Å²) in [5, 5.41) is 14.1. The summed E-state index contributed by atoms with van der Waals surface area (Å²) < 4.78 is 9.38. The van der Waals surface area contributed by atoms with Gasteiger partial charge in [-0.15, -0.1) is 0 Å². The van der Waals surface area contributed by atoms with Gasteiger partial charge in [0.25, 0.3) is 5.79 Å². The van der Waals surface area contributed by atoms with Crippen molar-refractivity contribution < 1.29 is 9.47 Å². The van der Waals surface area contributed by atoms with E-state index in [0.29, 0.717) is 0 Å². The molecular formula is C5H12N4O2. The number of methoxy groups -OCH3 is 2. The van der Waals surface area contributed by atoms with Gasteiger partial charge in [-0.25, -0.2) is 0 Å². The van der Waals surface area contributed by atoms with Crippen LogP contribution in [-0.4, -0.2) is 31.7 Å². The molecule has 0 aromatic rings. The molecule has 0 fully saturated rings. The highest BCUT2D eigenvalue weighted by Crippen LogP contribution is 2.09. The van der Waals surface area contributed by atoms with Gasteiger partial charge in [-0.3, -0.25) is 10.8 Å². The molecule has 0 bridgehead atoms. The highest BCUT2D eigenvalue weighted by atomic mass is 16.7. The Kier molecular flexibility index (Phi) is 2.97. The highest BCUT2D eigenvalue weighted by Gasteiger charge is 2.37. The predicted molar refractivity (Wildman–Crippen MR) is 40.6 cm³/mol. The molecule has 0 atom stereocenters. The Labute approximate surface area is 64.5 Å². The van der Waals surface area contributed by atoms with Gasteiger partial charge in [-0.1, -0.05) is 0 Å². The van der Waals surface area contributed by atoms with Gasteiger partial charge in [0, 0.05) is 14.2 Å². The number of hydrogen-bond donors (Lipinski definition) is 4. The first-order valence-corrected chi connectivity index (χ1v) is 2.80. The van der Waals surface area contributed by atoms with Crippen molar-refractivity contribution in [1.29, 1.82) is 10.8 Å². The summed E-state index contributed by atoms with van der Waals surface area (Å²) in [5.74, 6) is -2.59. The lowest BCUT2D eigenvalue weighted by Gasteiger charge is -2.27. The summed E-state index contributed by atoms with van der Waals surface area (Å²) in [6.45, 7) is 0. The molecule has 0 radical (unpaired) electrons. The summed E-state index contributed by atoms with van der Waals surface area (Å²) in [5.41, 5.74) is 10.2. The lowest BCUT2D eigenvalue weighted by molar-refractivity contribution is -0.103. The summed E-state index contributed by atoms with van der Waals surface area (Å²) in [6, 6.07) is 0. The molecule has 0 aliphatic carbocycles. The van der Waals surface area contributed by atoms with Crippen molar-refractivity contribution in [1.82, 2.24) is 0 Å². The van der Waals surface area contributed by atoms with Crippen LogP contribution in [0.1, 0.15) is 0 Å². The van der Waals surface area contributed by atoms with E-state index < -0.39 is 17.5 Å². The fourth-order valence-corrected chi connectivity index (χ4v) is 0.668. The van der Waals surface area contributed by atoms with E-state index in [2.05, 4.69) is 9.47 Å². The number of nitrogens with one attached hydrogen (secondary N) is 2. The van der Waals surface area contributed by atoms with E-state index in [-0.39, 0.29) is 0 Å². The van der Waals surface area contributed by atoms with E-state index in [1.54, 1.807) is 0 Å². The normalized spacial score (nSPS) is 11.1. The zero-order valence-corrected chi connectivity index (χ0v) is 6.47. The lowest BCUT2D eigenvalue weighted by Crippen LogP contribution is -2.56. The van der Waals surface area contributed by atoms with Crippen LogP contribution < -0.4 is 11.5 Å². The van der Waals surface area contributed by atoms with Crippen molar-refractivity contribution in [3.05, 3.63) is 0 Å². The minimum absolute atomic E-state index is 0.449. The van der Waals surface area contributed by atoms with Gasteiger partial charge >= 0.3 is 0 Å². The van der Waals surface area contributed by atoms with Gasteiger partial charge in [0.2, 0.25) is 0 Å². The summed E-state index contributed by atoms with van der Waals surface area (Å²) in [6.07, 6.45) is 0. The molecule has 0 aliphatic heterocycles. The Morgan fingerprint density at radius 1 is 1.09 bits per heavy atom. The van der Waals surface area contributed by atoms with Crippen LogP contribution in [-0.2, 0) is 9.47 Å². The second-order valence-corrected chi connectivity index (χ2v) is 1.85. The Bertz CT molecular complexity index is 159. The average Bonchev–Trinajstić information content (AvgIpc) is 1.90. The van der Waals surface area contributed by atoms with Crippen LogP contribution in [0, 0.1) is 10.8 Å². The van der Waals surface area contributed by atoms with E-state index in [0.717, 1.165) is 0 Å². The van der Waals surface area contributed by atoms with Gasteiger partial charge in [-0.05, 0) is 0 Å². The maximum atomic E-state index is 7.04. The Hall–Kier alpha value is -1.14. The Morgan fingerprint density at radius 2 is 1.36 bits per heavy atom. The van der Waals surface area contributed by atoms with Gasteiger partial charge in [0.15, 0.2) is 11.7 Å². The largest absolute Gasteiger partial charge is 0.383 e. The van der Waals surface area contributed by atoms with E-state index in [1.165, 1.54) is 14.2 Å². The maximum absolute atomic E-state index is 7.04. The number of amidine groups is 2. The van der Waals surface area contributed by atoms with Gasteiger partial charge in [-0.2, -0.15) is 0 Å². The zero-order chi connectivity index (χ0) is 9.07. The monoisotopic (exact) mass is 160 g/mol. The molecular weight excluding hydrogens is 148 g/mol. The van der Waals surface area contributed by atoms with Crippen molar-refractivity contribution >= 4 is 11.7 Å². The number of hydrogen-bond acceptors (Lipinski definition) is 4. The molecule has 0 aromatic carbocycles. The van der Waals surface area contributed by atoms with E-state index in [4.69, 9.17) is 22.3 Å². The molecule has 6 N–H and O–H groups in total. The molecule has 11 heavy (non-hydrogen) atoms. The topological polar surface area (TPSA) is 118 Å². The fourth-order valence-electron chi connectivity index (χ4n) is 0.668. The number of rotatable bonds is 4. The third-order valence-electron chi connectivity index (χ3n) is 1.28. The Balaban J connectivity index is 4.76. The van der Waals surface area contributed by atoms with Crippen LogP contribution in [0.25, 0.3) is 0 Å². The Morgan fingerprint density at radius 3 is 1.36 bits per heavy atom. The molecule has 0 saturated heterocycles. The maximum Gasteiger partial charge on any atom is 0.286 e. The molecule has 0 spiro atoms. The molecule has 6 heteroatoms. The molecule has 0 aromatic heterocycles. The first-order valence-electron chi connectivity index (χ1n) is 2.80. The van der Waals surface area contributed by atoms with E-state index in [9.17, 15) is 0 Å². The second-order valence-electron chi connectivity index (χ2n) is 1.85. The van der Waals surface area contributed by atoms with Crippen LogP contribution in [0.3, 0.4) is 0 Å². The minimum atomic E-state index is -1.69. The van der Waals surface area contributed by atoms with Crippen LogP contribution in [0.2, 0.25) is 0 Å². The van der Waals surface area contributed by atoms with Crippen molar-refractivity contribution in [2.24, 2.45) is 11.5 Å². The number of nitrogens with two attached hydrogens (primary N) is 2. The molecule has 64 valence electrons. The molecule has 6 nitrogen and oxygen atoms in total. The third-order valence-corrected chi connectivity index (χ3v) is 1.28. The highest BCUT2D eigenvalue weighted by molar-refractivity contribution is 6.07. The van der Waals surface area contributed by atoms with Crippen molar-refractivity contribution in [2.75, 3.05) is 14.2 Å². The first kappa shape index (κ1) is 9.86. The minimum Gasteiger partial charge on any atom is -0.383 e. The van der Waals surface area contributed by atoms with E-state index in [1.807, 2.05) is 0 Å². The SMILES string of the molecule is COC(OC)(C(=N)N)C(=N)N.